The quantitative estimate of drug-likeness (QED) is 0.673. The van der Waals surface area contributed by atoms with Crippen molar-refractivity contribution in [3.05, 3.63) is 78.1 Å². The average molecular weight is 334 g/mol. The maximum Gasteiger partial charge on any atom is 0.325 e. The van der Waals surface area contributed by atoms with Gasteiger partial charge in [0.1, 0.15) is 12.2 Å². The van der Waals surface area contributed by atoms with Gasteiger partial charge in [0.15, 0.2) is 0 Å². The molecule has 25 heavy (non-hydrogen) atoms. The highest BCUT2D eigenvalue weighted by Crippen LogP contribution is 2.19. The Morgan fingerprint density at radius 2 is 1.72 bits per heavy atom. The number of aromatic nitrogens is 1. The molecule has 0 saturated heterocycles. The van der Waals surface area contributed by atoms with Crippen molar-refractivity contribution in [1.82, 2.24) is 9.88 Å². The van der Waals surface area contributed by atoms with Gasteiger partial charge < -0.3 is 9.64 Å². The number of benzene rings is 2. The van der Waals surface area contributed by atoms with E-state index < -0.39 is 5.97 Å². The number of hydrogen-bond donors (Lipinski definition) is 0. The van der Waals surface area contributed by atoms with Crippen molar-refractivity contribution in [2.24, 2.45) is 0 Å². The molecule has 0 bridgehead atoms. The van der Waals surface area contributed by atoms with E-state index in [-0.39, 0.29) is 12.5 Å². The second-order valence-electron chi connectivity index (χ2n) is 5.60. The minimum atomic E-state index is -0.468. The van der Waals surface area contributed by atoms with Gasteiger partial charge in [0.05, 0.1) is 7.11 Å². The third-order valence-corrected chi connectivity index (χ3v) is 3.93. The predicted molar refractivity (Wildman–Crippen MR) is 94.9 cm³/mol. The van der Waals surface area contributed by atoms with E-state index in [1.54, 1.807) is 6.20 Å². The lowest BCUT2D eigenvalue weighted by molar-refractivity contribution is -0.141. The number of ether oxygens (including phenoxy) is 1. The van der Waals surface area contributed by atoms with E-state index in [1.165, 1.54) is 12.0 Å². The number of pyridine rings is 1. The molecule has 5 heteroatoms. The third-order valence-electron chi connectivity index (χ3n) is 3.93. The lowest BCUT2D eigenvalue weighted by Crippen LogP contribution is -2.36. The van der Waals surface area contributed by atoms with Gasteiger partial charge in [-0.2, -0.15) is 0 Å². The highest BCUT2D eigenvalue weighted by atomic mass is 16.5. The Morgan fingerprint density at radius 3 is 2.48 bits per heavy atom. The normalized spacial score (nSPS) is 10.4. The molecule has 0 saturated carbocycles. The maximum atomic E-state index is 13.1. The molecule has 3 aromatic rings. The van der Waals surface area contributed by atoms with Crippen molar-refractivity contribution in [1.29, 1.82) is 0 Å². The van der Waals surface area contributed by atoms with Crippen LogP contribution in [0.1, 0.15) is 16.1 Å². The fourth-order valence-corrected chi connectivity index (χ4v) is 2.66. The second-order valence-corrected chi connectivity index (χ2v) is 5.60. The Morgan fingerprint density at radius 1 is 1.00 bits per heavy atom. The minimum Gasteiger partial charge on any atom is -0.468 e. The lowest BCUT2D eigenvalue weighted by atomic mass is 10.1. The third kappa shape index (κ3) is 3.83. The molecule has 3 rings (SSSR count). The van der Waals surface area contributed by atoms with Crippen LogP contribution >= 0.6 is 0 Å². The summed E-state index contributed by atoms with van der Waals surface area (Å²) < 4.78 is 4.74. The summed E-state index contributed by atoms with van der Waals surface area (Å²) in [7, 11) is 1.31. The number of carbonyl (C=O) groups excluding carboxylic acids is 2. The molecule has 5 nitrogen and oxygen atoms in total. The van der Waals surface area contributed by atoms with E-state index >= 15 is 0 Å². The highest BCUT2D eigenvalue weighted by molar-refractivity contribution is 6.05. The first-order valence-corrected chi connectivity index (χ1v) is 7.93. The molecule has 1 aromatic heterocycles. The van der Waals surface area contributed by atoms with Crippen LogP contribution in [0.25, 0.3) is 10.8 Å². The van der Waals surface area contributed by atoms with Gasteiger partial charge in [-0.1, -0.05) is 54.6 Å². The van der Waals surface area contributed by atoms with E-state index in [0.717, 1.165) is 16.3 Å². The molecule has 0 spiro atoms. The fraction of sp³-hybridized carbons (Fsp3) is 0.150. The van der Waals surface area contributed by atoms with Crippen LogP contribution in [0.4, 0.5) is 0 Å². The van der Waals surface area contributed by atoms with Crippen LogP contribution < -0.4 is 0 Å². The van der Waals surface area contributed by atoms with Gasteiger partial charge in [-0.25, -0.2) is 0 Å². The van der Waals surface area contributed by atoms with E-state index in [4.69, 9.17) is 4.74 Å². The molecule has 126 valence electrons. The van der Waals surface area contributed by atoms with E-state index in [1.807, 2.05) is 60.7 Å². The zero-order valence-corrected chi connectivity index (χ0v) is 13.9. The van der Waals surface area contributed by atoms with Crippen LogP contribution in [0, 0.1) is 0 Å². The summed E-state index contributed by atoms with van der Waals surface area (Å²) in [5.74, 6) is -0.768. The molecule has 0 aliphatic heterocycles. The molecule has 0 radical (unpaired) electrons. The maximum absolute atomic E-state index is 13.1. The largest absolute Gasteiger partial charge is 0.468 e. The molecule has 0 aliphatic carbocycles. The lowest BCUT2D eigenvalue weighted by Gasteiger charge is -2.22. The SMILES string of the molecule is COC(=O)CN(Cc1ccccc1)C(=O)c1nccc2ccccc12. The summed E-state index contributed by atoms with van der Waals surface area (Å²) in [4.78, 5) is 30.6. The smallest absolute Gasteiger partial charge is 0.325 e. The topological polar surface area (TPSA) is 59.5 Å². The van der Waals surface area contributed by atoms with Crippen LogP contribution in [-0.2, 0) is 16.1 Å². The highest BCUT2D eigenvalue weighted by Gasteiger charge is 2.22. The standard InChI is InChI=1S/C20H18N2O3/c1-25-18(23)14-22(13-15-7-3-2-4-8-15)20(24)19-17-10-6-5-9-16(17)11-12-21-19/h2-12H,13-14H2,1H3. The number of carbonyl (C=O) groups is 2. The van der Waals surface area contributed by atoms with Crippen molar-refractivity contribution in [2.75, 3.05) is 13.7 Å². The Balaban J connectivity index is 1.96. The van der Waals surface area contributed by atoms with E-state index in [0.29, 0.717) is 12.2 Å². The summed E-state index contributed by atoms with van der Waals surface area (Å²) >= 11 is 0. The number of esters is 1. The number of rotatable bonds is 5. The molecular weight excluding hydrogens is 316 g/mol. The number of fused-ring (bicyclic) bond motifs is 1. The van der Waals surface area contributed by atoms with Gasteiger partial charge in [-0.3, -0.25) is 14.6 Å². The average Bonchev–Trinajstić information content (AvgIpc) is 2.67. The van der Waals surface area contributed by atoms with Crippen molar-refractivity contribution in [3.8, 4) is 0 Å². The van der Waals surface area contributed by atoms with E-state index in [9.17, 15) is 9.59 Å². The molecule has 0 unspecified atom stereocenters. The number of methoxy groups -OCH3 is 1. The Bertz CT molecular complexity index is 888. The van der Waals surface area contributed by atoms with Crippen LogP contribution in [0.2, 0.25) is 0 Å². The van der Waals surface area contributed by atoms with Crippen LogP contribution in [0.3, 0.4) is 0 Å². The van der Waals surface area contributed by atoms with Gasteiger partial charge in [-0.05, 0) is 17.0 Å². The van der Waals surface area contributed by atoms with Crippen LogP contribution in [0.15, 0.2) is 66.9 Å². The molecule has 0 fully saturated rings. The summed E-state index contributed by atoms with van der Waals surface area (Å²) in [5, 5.41) is 1.69. The first-order valence-electron chi connectivity index (χ1n) is 7.93. The van der Waals surface area contributed by atoms with Crippen molar-refractivity contribution in [3.63, 3.8) is 0 Å². The summed E-state index contributed by atoms with van der Waals surface area (Å²) in [6.45, 7) is 0.175. The molecular formula is C20H18N2O3. The Hall–Kier alpha value is -3.21. The molecule has 0 aliphatic rings. The number of hydrogen-bond acceptors (Lipinski definition) is 4. The van der Waals surface area contributed by atoms with E-state index in [2.05, 4.69) is 4.98 Å². The van der Waals surface area contributed by atoms with Gasteiger partial charge in [0.2, 0.25) is 0 Å². The van der Waals surface area contributed by atoms with Crippen molar-refractivity contribution < 1.29 is 14.3 Å². The first kappa shape index (κ1) is 16.6. The van der Waals surface area contributed by atoms with Crippen LogP contribution in [-0.4, -0.2) is 35.4 Å². The predicted octanol–water partition coefficient (Wildman–Crippen LogP) is 3.05. The zero-order chi connectivity index (χ0) is 17.6. The number of amides is 1. The summed E-state index contributed by atoms with van der Waals surface area (Å²) in [6.07, 6.45) is 1.61. The zero-order valence-electron chi connectivity index (χ0n) is 13.9. The van der Waals surface area contributed by atoms with Crippen molar-refractivity contribution >= 4 is 22.6 Å². The Labute approximate surface area is 145 Å². The van der Waals surface area contributed by atoms with Gasteiger partial charge in [-0.15, -0.1) is 0 Å². The van der Waals surface area contributed by atoms with Crippen LogP contribution in [0.5, 0.6) is 0 Å². The minimum absolute atomic E-state index is 0.130. The molecule has 2 aromatic carbocycles. The van der Waals surface area contributed by atoms with Crippen molar-refractivity contribution in [2.45, 2.75) is 6.54 Å². The first-order chi connectivity index (χ1) is 12.2. The number of nitrogens with zero attached hydrogens (tertiary/aromatic N) is 2. The summed E-state index contributed by atoms with van der Waals surface area (Å²) in [6, 6.07) is 18.9. The Kier molecular flexibility index (Phi) is 5.04. The fourth-order valence-electron chi connectivity index (χ4n) is 2.66. The van der Waals surface area contributed by atoms with Gasteiger partial charge in [0.25, 0.3) is 5.91 Å². The van der Waals surface area contributed by atoms with Gasteiger partial charge in [0, 0.05) is 18.1 Å². The molecule has 1 amide bonds. The second kappa shape index (κ2) is 7.57. The monoisotopic (exact) mass is 334 g/mol. The summed E-state index contributed by atoms with van der Waals surface area (Å²) in [5.41, 5.74) is 1.26. The molecule has 0 atom stereocenters. The molecule has 1 heterocycles. The van der Waals surface area contributed by atoms with Gasteiger partial charge >= 0.3 is 5.97 Å². The molecule has 0 N–H and O–H groups in total.